The SMILES string of the molecule is C=C1/C(=c2/nc3c(c(=O)[nH]2)=CC(=[N+](C)C)C=C3)C(O)c2cc3c(cc21)C(=O)N(c1cc(OCCN2CCCC2=O)ccc1C)C3=O. The van der Waals surface area contributed by atoms with Gasteiger partial charge < -0.3 is 19.7 Å². The number of aromatic amines is 1. The number of hydrogen-bond acceptors (Lipinski definition) is 7. The fourth-order valence-electron chi connectivity index (χ4n) is 6.41. The molecule has 11 heteroatoms. The first-order valence-corrected chi connectivity index (χ1v) is 15.1. The van der Waals surface area contributed by atoms with Crippen LogP contribution in [0.1, 0.15) is 62.0 Å². The number of amides is 3. The fourth-order valence-corrected chi connectivity index (χ4v) is 6.41. The van der Waals surface area contributed by atoms with E-state index in [1.807, 2.05) is 24.7 Å². The lowest BCUT2D eigenvalue weighted by Crippen LogP contribution is -2.41. The number of carbonyl (C=O) groups excluding carboxylic acids is 3. The van der Waals surface area contributed by atoms with Gasteiger partial charge >= 0.3 is 0 Å². The minimum absolute atomic E-state index is 0.115. The van der Waals surface area contributed by atoms with Crippen LogP contribution in [0.3, 0.4) is 0 Å². The van der Waals surface area contributed by atoms with Crippen LogP contribution in [0.15, 0.2) is 47.8 Å². The molecule has 2 N–H and O–H groups in total. The van der Waals surface area contributed by atoms with Crippen LogP contribution >= 0.6 is 0 Å². The zero-order valence-corrected chi connectivity index (χ0v) is 25.7. The van der Waals surface area contributed by atoms with E-state index in [2.05, 4.69) is 16.5 Å². The van der Waals surface area contributed by atoms with Crippen molar-refractivity contribution in [3.8, 4) is 5.75 Å². The third-order valence-electron chi connectivity index (χ3n) is 8.96. The first kappa shape index (κ1) is 29.3. The molecule has 2 aliphatic heterocycles. The zero-order chi connectivity index (χ0) is 32.4. The van der Waals surface area contributed by atoms with Crippen molar-refractivity contribution in [2.75, 3.05) is 38.7 Å². The van der Waals surface area contributed by atoms with Crippen molar-refractivity contribution in [3.05, 3.63) is 97.6 Å². The summed E-state index contributed by atoms with van der Waals surface area (Å²) >= 11 is 0. The average Bonchev–Trinajstić information content (AvgIpc) is 3.63. The first-order valence-electron chi connectivity index (χ1n) is 15.1. The Morgan fingerprint density at radius 1 is 1.07 bits per heavy atom. The second-order valence-corrected chi connectivity index (χ2v) is 12.0. The highest BCUT2D eigenvalue weighted by atomic mass is 16.5. The maximum atomic E-state index is 13.8. The van der Waals surface area contributed by atoms with Crippen LogP contribution in [-0.2, 0) is 4.79 Å². The summed E-state index contributed by atoms with van der Waals surface area (Å²) < 4.78 is 7.78. The Balaban J connectivity index is 1.20. The van der Waals surface area contributed by atoms with E-state index in [-0.39, 0.29) is 34.7 Å². The van der Waals surface area contributed by atoms with Gasteiger partial charge in [0.05, 0.1) is 34.3 Å². The molecule has 3 aromatic rings. The molecule has 0 radical (unpaired) electrons. The van der Waals surface area contributed by atoms with E-state index in [9.17, 15) is 24.3 Å². The summed E-state index contributed by atoms with van der Waals surface area (Å²) in [7, 11) is 3.76. The number of fused-ring (bicyclic) bond motifs is 3. The molecule has 0 saturated carbocycles. The molecule has 232 valence electrons. The van der Waals surface area contributed by atoms with Gasteiger partial charge in [0.2, 0.25) is 5.91 Å². The van der Waals surface area contributed by atoms with Gasteiger partial charge in [-0.3, -0.25) is 19.2 Å². The largest absolute Gasteiger partial charge is 0.492 e. The highest BCUT2D eigenvalue weighted by molar-refractivity contribution is 6.35. The number of hydrogen-bond donors (Lipinski definition) is 2. The normalized spacial score (nSPS) is 19.5. The number of H-pyrrole nitrogens is 1. The molecule has 2 aromatic carbocycles. The number of benzene rings is 2. The third kappa shape index (κ3) is 4.62. The number of likely N-dealkylation sites (tertiary alicyclic amines) is 1. The van der Waals surface area contributed by atoms with Crippen LogP contribution in [0.5, 0.6) is 5.75 Å². The predicted molar refractivity (Wildman–Crippen MR) is 172 cm³/mol. The number of aromatic nitrogens is 2. The summed E-state index contributed by atoms with van der Waals surface area (Å²) in [6.07, 6.45) is 5.52. The van der Waals surface area contributed by atoms with Crippen molar-refractivity contribution in [2.24, 2.45) is 0 Å². The molecule has 1 fully saturated rings. The second-order valence-electron chi connectivity index (χ2n) is 12.0. The Hall–Kier alpha value is -5.42. The first-order chi connectivity index (χ1) is 22.0. The van der Waals surface area contributed by atoms with Crippen LogP contribution < -0.4 is 25.9 Å². The molecule has 3 heterocycles. The molecule has 0 bridgehead atoms. The number of anilines is 1. The lowest BCUT2D eigenvalue weighted by atomic mass is 10.00. The predicted octanol–water partition coefficient (Wildman–Crippen LogP) is 1.31. The number of carbonyl (C=O) groups is 3. The number of rotatable bonds is 5. The molecular weight excluding hydrogens is 586 g/mol. The molecule has 0 spiro atoms. The maximum absolute atomic E-state index is 13.8. The Labute approximate surface area is 263 Å². The summed E-state index contributed by atoms with van der Waals surface area (Å²) in [5.74, 6) is -0.436. The van der Waals surface area contributed by atoms with Crippen molar-refractivity contribution in [3.63, 3.8) is 0 Å². The van der Waals surface area contributed by atoms with Crippen LogP contribution in [-0.4, -0.2) is 81.8 Å². The number of allylic oxidation sites excluding steroid dienone is 1. The molecule has 7 rings (SSSR count). The summed E-state index contributed by atoms with van der Waals surface area (Å²) in [6, 6.07) is 8.30. The molecule has 4 aliphatic rings. The highest BCUT2D eigenvalue weighted by Crippen LogP contribution is 2.46. The molecule has 11 nitrogen and oxygen atoms in total. The molecule has 2 aliphatic carbocycles. The lowest BCUT2D eigenvalue weighted by molar-refractivity contribution is -0.462. The Morgan fingerprint density at radius 3 is 2.54 bits per heavy atom. The summed E-state index contributed by atoms with van der Waals surface area (Å²) in [5.41, 5.74) is 4.17. The highest BCUT2D eigenvalue weighted by Gasteiger charge is 2.41. The van der Waals surface area contributed by atoms with E-state index in [0.29, 0.717) is 63.2 Å². The number of nitrogens with one attached hydrogen (secondary N) is 1. The molecule has 46 heavy (non-hydrogen) atoms. The van der Waals surface area contributed by atoms with Crippen LogP contribution in [0.2, 0.25) is 0 Å². The van der Waals surface area contributed by atoms with Gasteiger partial charge in [0.25, 0.3) is 17.4 Å². The molecular formula is C35H32N5O6+. The minimum Gasteiger partial charge on any atom is -0.492 e. The van der Waals surface area contributed by atoms with Gasteiger partial charge in [-0.25, -0.2) is 14.5 Å². The monoisotopic (exact) mass is 618 g/mol. The Bertz CT molecular complexity index is 2170. The van der Waals surface area contributed by atoms with Gasteiger partial charge in [-0.15, -0.1) is 0 Å². The minimum atomic E-state index is -1.23. The number of imide groups is 1. The standard InChI is InChI=1S/C35H31N5O6/c1-18-7-9-21(46-13-12-39-11-5-6-29(39)41)15-28(18)40-34(44)24-16-22-19(2)30(31(42)23(22)17-25(24)35(40)45)32-36-27-10-8-20(38(3)4)14-26(27)33(43)37-32/h7-10,14-17,31,42H,2,5-6,11-13H2,1,3-4H3/p+1/b32-30+. The molecule has 3 amide bonds. The van der Waals surface area contributed by atoms with Gasteiger partial charge in [-0.1, -0.05) is 12.6 Å². The third-order valence-corrected chi connectivity index (χ3v) is 8.96. The van der Waals surface area contributed by atoms with Crippen molar-refractivity contribution in [2.45, 2.75) is 25.9 Å². The maximum Gasteiger partial charge on any atom is 0.266 e. The van der Waals surface area contributed by atoms with Crippen LogP contribution in [0, 0.1) is 6.92 Å². The van der Waals surface area contributed by atoms with E-state index in [0.717, 1.165) is 23.6 Å². The second kappa shape index (κ2) is 10.9. The molecule has 1 atom stereocenters. The van der Waals surface area contributed by atoms with Gasteiger partial charge in [-0.2, -0.15) is 0 Å². The Morgan fingerprint density at radius 2 is 1.83 bits per heavy atom. The van der Waals surface area contributed by atoms with Crippen LogP contribution in [0.4, 0.5) is 5.69 Å². The number of ether oxygens (including phenoxy) is 1. The van der Waals surface area contributed by atoms with Crippen molar-refractivity contribution >= 4 is 52.4 Å². The number of aryl methyl sites for hydroxylation is 1. The molecule has 1 unspecified atom stereocenters. The molecule has 1 aromatic heterocycles. The van der Waals surface area contributed by atoms with E-state index in [4.69, 9.17) is 4.74 Å². The Kier molecular flexibility index (Phi) is 6.93. The van der Waals surface area contributed by atoms with Crippen molar-refractivity contribution < 1.29 is 28.8 Å². The average molecular weight is 619 g/mol. The van der Waals surface area contributed by atoms with E-state index < -0.39 is 17.9 Å². The fraction of sp³-hybridized carbons (Fsp3) is 0.257. The van der Waals surface area contributed by atoms with Crippen molar-refractivity contribution in [1.29, 1.82) is 0 Å². The van der Waals surface area contributed by atoms with Gasteiger partial charge in [-0.05, 0) is 59.9 Å². The summed E-state index contributed by atoms with van der Waals surface area (Å²) in [4.78, 5) is 62.8. The van der Waals surface area contributed by atoms with E-state index >= 15 is 0 Å². The quantitative estimate of drug-likeness (QED) is 0.325. The lowest BCUT2D eigenvalue weighted by Gasteiger charge is -2.19. The number of aliphatic hydroxyl groups is 1. The number of aliphatic hydroxyl groups excluding tert-OH is 1. The van der Waals surface area contributed by atoms with Gasteiger partial charge in [0, 0.05) is 36.8 Å². The van der Waals surface area contributed by atoms with Gasteiger partial charge in [0.15, 0.2) is 5.71 Å². The van der Waals surface area contributed by atoms with E-state index in [1.165, 1.54) is 6.07 Å². The van der Waals surface area contributed by atoms with Crippen molar-refractivity contribution in [1.82, 2.24) is 14.9 Å². The van der Waals surface area contributed by atoms with E-state index in [1.54, 1.807) is 48.2 Å². The number of nitrogens with zero attached hydrogens (tertiary/aromatic N) is 4. The molecule has 1 saturated heterocycles. The zero-order valence-electron chi connectivity index (χ0n) is 25.7. The summed E-state index contributed by atoms with van der Waals surface area (Å²) in [6.45, 7) is 7.44. The van der Waals surface area contributed by atoms with Gasteiger partial charge in [0.1, 0.15) is 38.0 Å². The summed E-state index contributed by atoms with van der Waals surface area (Å²) in [5, 5.41) is 11.9. The topological polar surface area (TPSA) is 136 Å². The smallest absolute Gasteiger partial charge is 0.266 e. The van der Waals surface area contributed by atoms with Crippen LogP contribution in [0.25, 0.3) is 23.3 Å².